The van der Waals surface area contributed by atoms with Crippen molar-refractivity contribution in [1.82, 2.24) is 0 Å². The number of nitrogens with two attached hydrogens (primary N) is 1. The average molecular weight is 225 g/mol. The van der Waals surface area contributed by atoms with Gasteiger partial charge in [-0.2, -0.15) is 0 Å². The van der Waals surface area contributed by atoms with Gasteiger partial charge in [0.1, 0.15) is 5.83 Å². The highest BCUT2D eigenvalue weighted by Crippen LogP contribution is 2.19. The Balaban J connectivity index is 4.39. The van der Waals surface area contributed by atoms with Gasteiger partial charge < -0.3 is 5.73 Å². The van der Waals surface area contributed by atoms with Gasteiger partial charge in [-0.3, -0.25) is 0 Å². The van der Waals surface area contributed by atoms with E-state index in [0.717, 1.165) is 37.8 Å². The predicted octanol–water partition coefficient (Wildman–Crippen LogP) is 4.27. The first-order chi connectivity index (χ1) is 7.67. The first-order valence-corrected chi connectivity index (χ1v) is 6.05. The molecule has 0 aromatic carbocycles. The minimum Gasteiger partial charge on any atom is -0.330 e. The van der Waals surface area contributed by atoms with Crippen molar-refractivity contribution in [3.8, 4) is 0 Å². The quantitative estimate of drug-likeness (QED) is 0.508. The van der Waals surface area contributed by atoms with Crippen LogP contribution in [0.1, 0.15) is 46.5 Å². The largest absolute Gasteiger partial charge is 0.330 e. The standard InChI is InChI=1S/C14H24FN/c1-4-12(3)14(15)13(5-2)10-8-6-7-9-11-16/h4,8,10H,5-7,9,11,16H2,1-3H3/b10-8+,12-4-,14-13+. The van der Waals surface area contributed by atoms with Gasteiger partial charge in [0.2, 0.25) is 0 Å². The van der Waals surface area contributed by atoms with E-state index in [-0.39, 0.29) is 5.83 Å². The number of allylic oxidation sites excluding steroid dienone is 6. The van der Waals surface area contributed by atoms with Crippen LogP contribution in [0.2, 0.25) is 0 Å². The Morgan fingerprint density at radius 3 is 2.50 bits per heavy atom. The maximum Gasteiger partial charge on any atom is 0.128 e. The fraction of sp³-hybridized carbons (Fsp3) is 0.571. The molecule has 0 saturated carbocycles. The molecule has 92 valence electrons. The Morgan fingerprint density at radius 1 is 1.31 bits per heavy atom. The Morgan fingerprint density at radius 2 is 2.00 bits per heavy atom. The number of halogens is 1. The second-order valence-corrected chi connectivity index (χ2v) is 3.85. The van der Waals surface area contributed by atoms with Crippen molar-refractivity contribution in [2.45, 2.75) is 46.5 Å². The van der Waals surface area contributed by atoms with Crippen LogP contribution in [0.15, 0.2) is 35.2 Å². The third-order valence-electron chi connectivity index (χ3n) is 2.59. The minimum atomic E-state index is -0.0833. The van der Waals surface area contributed by atoms with Crippen LogP contribution < -0.4 is 5.73 Å². The Bertz CT molecular complexity index is 274. The third-order valence-corrected chi connectivity index (χ3v) is 2.59. The van der Waals surface area contributed by atoms with Crippen LogP contribution in [-0.2, 0) is 0 Å². The lowest BCUT2D eigenvalue weighted by Gasteiger charge is -2.02. The van der Waals surface area contributed by atoms with E-state index in [0.29, 0.717) is 5.57 Å². The van der Waals surface area contributed by atoms with Crippen LogP contribution >= 0.6 is 0 Å². The van der Waals surface area contributed by atoms with Gasteiger partial charge in [-0.25, -0.2) is 4.39 Å². The van der Waals surface area contributed by atoms with E-state index in [4.69, 9.17) is 5.73 Å². The van der Waals surface area contributed by atoms with Crippen LogP contribution in [0.5, 0.6) is 0 Å². The van der Waals surface area contributed by atoms with E-state index < -0.39 is 0 Å². The summed E-state index contributed by atoms with van der Waals surface area (Å²) in [6, 6.07) is 0. The maximum absolute atomic E-state index is 13.8. The molecule has 0 atom stereocenters. The van der Waals surface area contributed by atoms with E-state index in [2.05, 4.69) is 0 Å². The average Bonchev–Trinajstić information content (AvgIpc) is 2.32. The first-order valence-electron chi connectivity index (χ1n) is 6.05. The fourth-order valence-electron chi connectivity index (χ4n) is 1.36. The summed E-state index contributed by atoms with van der Waals surface area (Å²) >= 11 is 0. The molecule has 0 rings (SSSR count). The van der Waals surface area contributed by atoms with Crippen molar-refractivity contribution in [2.24, 2.45) is 5.73 Å². The molecule has 0 aromatic heterocycles. The summed E-state index contributed by atoms with van der Waals surface area (Å²) < 4.78 is 13.8. The summed E-state index contributed by atoms with van der Waals surface area (Å²) in [5.74, 6) is -0.0833. The molecular weight excluding hydrogens is 201 g/mol. The van der Waals surface area contributed by atoms with E-state index in [1.165, 1.54) is 0 Å². The molecule has 0 heterocycles. The highest BCUT2D eigenvalue weighted by atomic mass is 19.1. The molecule has 0 fully saturated rings. The van der Waals surface area contributed by atoms with E-state index in [1.54, 1.807) is 13.0 Å². The van der Waals surface area contributed by atoms with E-state index in [1.807, 2.05) is 26.0 Å². The highest BCUT2D eigenvalue weighted by molar-refractivity contribution is 5.34. The van der Waals surface area contributed by atoms with Crippen molar-refractivity contribution in [3.05, 3.63) is 35.2 Å². The SMILES string of the molecule is C\C=C(C)/C(F)=C(\C=C\CCCCN)CC. The zero-order chi connectivity index (χ0) is 12.4. The Kier molecular flexibility index (Phi) is 8.82. The molecule has 0 aromatic rings. The van der Waals surface area contributed by atoms with Crippen molar-refractivity contribution in [2.75, 3.05) is 6.54 Å². The molecule has 0 aliphatic carbocycles. The van der Waals surface area contributed by atoms with Crippen LogP contribution in [0.3, 0.4) is 0 Å². The second-order valence-electron chi connectivity index (χ2n) is 3.85. The monoisotopic (exact) mass is 225 g/mol. The lowest BCUT2D eigenvalue weighted by Crippen LogP contribution is -1.96. The molecule has 2 heteroatoms. The van der Waals surface area contributed by atoms with Crippen molar-refractivity contribution < 1.29 is 4.39 Å². The first kappa shape index (κ1) is 15.1. The molecule has 1 nitrogen and oxygen atoms in total. The van der Waals surface area contributed by atoms with Gasteiger partial charge in [0.25, 0.3) is 0 Å². The van der Waals surface area contributed by atoms with Crippen molar-refractivity contribution in [1.29, 1.82) is 0 Å². The minimum absolute atomic E-state index is 0.0833. The molecule has 0 bridgehead atoms. The number of hydrogen-bond acceptors (Lipinski definition) is 1. The lowest BCUT2D eigenvalue weighted by molar-refractivity contribution is 0.637. The zero-order valence-electron chi connectivity index (χ0n) is 10.7. The summed E-state index contributed by atoms with van der Waals surface area (Å²) in [6.07, 6.45) is 9.55. The molecule has 0 amide bonds. The highest BCUT2D eigenvalue weighted by Gasteiger charge is 2.02. The van der Waals surface area contributed by atoms with E-state index >= 15 is 0 Å². The van der Waals surface area contributed by atoms with Crippen LogP contribution in [0.4, 0.5) is 4.39 Å². The van der Waals surface area contributed by atoms with Crippen LogP contribution in [0.25, 0.3) is 0 Å². The summed E-state index contributed by atoms with van der Waals surface area (Å²) in [5.41, 5.74) is 6.89. The fourth-order valence-corrected chi connectivity index (χ4v) is 1.36. The zero-order valence-corrected chi connectivity index (χ0v) is 10.7. The summed E-state index contributed by atoms with van der Waals surface area (Å²) in [5, 5.41) is 0. The number of rotatable bonds is 7. The molecule has 0 radical (unpaired) electrons. The van der Waals surface area contributed by atoms with Gasteiger partial charge in [-0.1, -0.05) is 25.2 Å². The molecular formula is C14H24FN. The Hall–Kier alpha value is -0.890. The smallest absolute Gasteiger partial charge is 0.128 e. The summed E-state index contributed by atoms with van der Waals surface area (Å²) in [4.78, 5) is 0. The molecule has 16 heavy (non-hydrogen) atoms. The molecule has 0 aliphatic heterocycles. The number of hydrogen-bond donors (Lipinski definition) is 1. The normalized spacial score (nSPS) is 14.4. The molecule has 0 aliphatic rings. The molecule has 0 saturated heterocycles. The second kappa shape index (κ2) is 9.34. The molecule has 0 spiro atoms. The maximum atomic E-state index is 13.8. The van der Waals surface area contributed by atoms with Crippen molar-refractivity contribution >= 4 is 0 Å². The number of unbranched alkanes of at least 4 members (excludes halogenated alkanes) is 2. The van der Waals surface area contributed by atoms with Crippen LogP contribution in [0, 0.1) is 0 Å². The summed E-state index contributed by atoms with van der Waals surface area (Å²) in [7, 11) is 0. The van der Waals surface area contributed by atoms with Gasteiger partial charge in [0, 0.05) is 0 Å². The summed E-state index contributed by atoms with van der Waals surface area (Å²) in [6.45, 7) is 6.36. The Labute approximate surface area is 98.9 Å². The van der Waals surface area contributed by atoms with Gasteiger partial charge in [-0.05, 0) is 57.2 Å². The van der Waals surface area contributed by atoms with E-state index in [9.17, 15) is 4.39 Å². The lowest BCUT2D eigenvalue weighted by atomic mass is 10.1. The molecule has 2 N–H and O–H groups in total. The third kappa shape index (κ3) is 5.86. The predicted molar refractivity (Wildman–Crippen MR) is 69.9 cm³/mol. The molecule has 0 unspecified atom stereocenters. The van der Waals surface area contributed by atoms with Gasteiger partial charge >= 0.3 is 0 Å². The van der Waals surface area contributed by atoms with Gasteiger partial charge in [-0.15, -0.1) is 0 Å². The van der Waals surface area contributed by atoms with Crippen molar-refractivity contribution in [3.63, 3.8) is 0 Å². The topological polar surface area (TPSA) is 26.0 Å². The van der Waals surface area contributed by atoms with Crippen LogP contribution in [-0.4, -0.2) is 6.54 Å². The van der Waals surface area contributed by atoms with Gasteiger partial charge in [0.15, 0.2) is 0 Å². The van der Waals surface area contributed by atoms with Gasteiger partial charge in [0.05, 0.1) is 0 Å².